The van der Waals surface area contributed by atoms with E-state index in [-0.39, 0.29) is 11.3 Å². The second kappa shape index (κ2) is 6.83. The lowest BCUT2D eigenvalue weighted by Crippen LogP contribution is -2.29. The van der Waals surface area contributed by atoms with E-state index in [2.05, 4.69) is 37.2 Å². The highest BCUT2D eigenvalue weighted by Crippen LogP contribution is 2.12. The van der Waals surface area contributed by atoms with E-state index in [4.69, 9.17) is 0 Å². The molecule has 0 aliphatic rings. The molecule has 0 radical (unpaired) electrons. The summed E-state index contributed by atoms with van der Waals surface area (Å²) in [5.41, 5.74) is -0.108. The highest BCUT2D eigenvalue weighted by molar-refractivity contribution is 9.11. The van der Waals surface area contributed by atoms with E-state index in [1.807, 2.05) is 0 Å². The van der Waals surface area contributed by atoms with Crippen molar-refractivity contribution in [3.05, 3.63) is 31.6 Å². The van der Waals surface area contributed by atoms with Crippen molar-refractivity contribution >= 4 is 41.7 Å². The quantitative estimate of drug-likeness (QED) is 0.722. The van der Waals surface area contributed by atoms with Crippen LogP contribution in [0.2, 0.25) is 0 Å². The van der Waals surface area contributed by atoms with Crippen molar-refractivity contribution in [3.63, 3.8) is 0 Å². The van der Waals surface area contributed by atoms with Gasteiger partial charge in [0.1, 0.15) is 9.84 Å². The second-order valence-electron chi connectivity index (χ2n) is 3.88. The molecule has 0 amide bonds. The third-order valence-electron chi connectivity index (χ3n) is 2.19. The average molecular weight is 402 g/mol. The van der Waals surface area contributed by atoms with Gasteiger partial charge in [-0.05, 0) is 37.9 Å². The zero-order valence-corrected chi connectivity index (χ0v) is 13.8. The lowest BCUT2D eigenvalue weighted by Gasteiger charge is -2.08. The number of rotatable bonds is 6. The molecule has 0 saturated carbocycles. The van der Waals surface area contributed by atoms with Crippen LogP contribution in [0, 0.1) is 0 Å². The summed E-state index contributed by atoms with van der Waals surface area (Å²) in [6, 6.07) is 1.69. The summed E-state index contributed by atoms with van der Waals surface area (Å²) >= 11 is 6.49. The SMILES string of the molecule is CS(=O)(=O)CCNCCn1cc(Br)cc(Br)c1=O. The average Bonchev–Trinajstić information content (AvgIpc) is 2.22. The maximum absolute atomic E-state index is 11.7. The Balaban J connectivity index is 2.48. The van der Waals surface area contributed by atoms with Crippen molar-refractivity contribution < 1.29 is 8.42 Å². The number of nitrogens with one attached hydrogen (secondary N) is 1. The number of aromatic nitrogens is 1. The molecule has 0 atom stereocenters. The van der Waals surface area contributed by atoms with Gasteiger partial charge in [0.05, 0.1) is 10.2 Å². The van der Waals surface area contributed by atoms with Crippen LogP contribution in [0.25, 0.3) is 0 Å². The Bertz CT molecular complexity index is 569. The summed E-state index contributed by atoms with van der Waals surface area (Å²) in [6.45, 7) is 1.42. The standard InChI is InChI=1S/C10H14Br2N2O3S/c1-18(16,17)5-3-13-2-4-14-7-8(11)6-9(12)10(14)15/h6-7,13H,2-5H2,1H3. The van der Waals surface area contributed by atoms with E-state index >= 15 is 0 Å². The monoisotopic (exact) mass is 400 g/mol. The van der Waals surface area contributed by atoms with Crippen molar-refractivity contribution in [2.75, 3.05) is 25.1 Å². The van der Waals surface area contributed by atoms with Gasteiger partial charge in [0.2, 0.25) is 0 Å². The molecule has 1 heterocycles. The van der Waals surface area contributed by atoms with E-state index in [1.54, 1.807) is 16.8 Å². The van der Waals surface area contributed by atoms with E-state index in [0.717, 1.165) is 4.47 Å². The van der Waals surface area contributed by atoms with Gasteiger partial charge in [-0.2, -0.15) is 0 Å². The predicted molar refractivity (Wildman–Crippen MR) is 78.7 cm³/mol. The fraction of sp³-hybridized carbons (Fsp3) is 0.500. The molecule has 1 N–H and O–H groups in total. The number of pyridine rings is 1. The summed E-state index contributed by atoms with van der Waals surface area (Å²) in [6.07, 6.45) is 2.90. The third kappa shape index (κ3) is 5.64. The maximum atomic E-state index is 11.7. The Morgan fingerprint density at radius 1 is 1.33 bits per heavy atom. The summed E-state index contributed by atoms with van der Waals surface area (Å²) in [5, 5.41) is 2.99. The van der Waals surface area contributed by atoms with Gasteiger partial charge in [-0.25, -0.2) is 8.42 Å². The fourth-order valence-corrected chi connectivity index (χ4v) is 3.09. The summed E-state index contributed by atoms with van der Waals surface area (Å²) in [5.74, 6) is 0.101. The van der Waals surface area contributed by atoms with Crippen molar-refractivity contribution in [1.82, 2.24) is 9.88 Å². The van der Waals surface area contributed by atoms with Crippen molar-refractivity contribution in [1.29, 1.82) is 0 Å². The molecule has 1 aromatic heterocycles. The van der Waals surface area contributed by atoms with Crippen LogP contribution in [0.5, 0.6) is 0 Å². The van der Waals surface area contributed by atoms with Crippen molar-refractivity contribution in [3.8, 4) is 0 Å². The number of halogens is 2. The Kier molecular flexibility index (Phi) is 6.03. The zero-order chi connectivity index (χ0) is 13.8. The second-order valence-corrected chi connectivity index (χ2v) is 7.91. The van der Waals surface area contributed by atoms with Crippen molar-refractivity contribution in [2.45, 2.75) is 6.54 Å². The minimum absolute atomic E-state index is 0.101. The van der Waals surface area contributed by atoms with Crippen LogP contribution in [0.15, 0.2) is 26.0 Å². The van der Waals surface area contributed by atoms with Crippen LogP contribution >= 0.6 is 31.9 Å². The van der Waals surface area contributed by atoms with Gasteiger partial charge >= 0.3 is 0 Å². The number of hydrogen-bond acceptors (Lipinski definition) is 4. The van der Waals surface area contributed by atoms with Crippen LogP contribution in [0.4, 0.5) is 0 Å². The van der Waals surface area contributed by atoms with Gasteiger partial charge in [-0.3, -0.25) is 4.79 Å². The highest BCUT2D eigenvalue weighted by Gasteiger charge is 2.03. The minimum atomic E-state index is -2.94. The van der Waals surface area contributed by atoms with Crippen molar-refractivity contribution in [2.24, 2.45) is 0 Å². The van der Waals surface area contributed by atoms with Crippen LogP contribution in [-0.2, 0) is 16.4 Å². The van der Waals surface area contributed by atoms with Gasteiger partial charge in [-0.15, -0.1) is 0 Å². The number of nitrogens with zero attached hydrogens (tertiary/aromatic N) is 1. The van der Waals surface area contributed by atoms with E-state index in [0.29, 0.717) is 24.1 Å². The highest BCUT2D eigenvalue weighted by atomic mass is 79.9. The molecule has 5 nitrogen and oxygen atoms in total. The van der Waals surface area contributed by atoms with E-state index in [9.17, 15) is 13.2 Å². The molecule has 0 aliphatic carbocycles. The first-order valence-electron chi connectivity index (χ1n) is 5.23. The first-order chi connectivity index (χ1) is 8.29. The topological polar surface area (TPSA) is 68.2 Å². The fourth-order valence-electron chi connectivity index (χ4n) is 1.31. The smallest absolute Gasteiger partial charge is 0.264 e. The molecule has 18 heavy (non-hydrogen) atoms. The third-order valence-corrected chi connectivity index (χ3v) is 4.14. The lowest BCUT2D eigenvalue weighted by molar-refractivity contribution is 0.580. The Hall–Kier alpha value is -0.180. The molecule has 1 aromatic rings. The largest absolute Gasteiger partial charge is 0.314 e. The first-order valence-corrected chi connectivity index (χ1v) is 8.88. The molecular formula is C10H14Br2N2O3S. The molecule has 0 unspecified atom stereocenters. The van der Waals surface area contributed by atoms with Crippen LogP contribution in [0.1, 0.15) is 0 Å². The normalized spacial score (nSPS) is 11.7. The van der Waals surface area contributed by atoms with Gasteiger partial charge < -0.3 is 9.88 Å². The van der Waals surface area contributed by atoms with Gasteiger partial charge in [0.25, 0.3) is 5.56 Å². The molecule has 102 valence electrons. The molecule has 8 heteroatoms. The Morgan fingerprint density at radius 3 is 2.61 bits per heavy atom. The molecule has 0 bridgehead atoms. The molecule has 0 fully saturated rings. The Morgan fingerprint density at radius 2 is 2.00 bits per heavy atom. The van der Waals surface area contributed by atoms with Crippen LogP contribution in [-0.4, -0.2) is 38.1 Å². The molecular weight excluding hydrogens is 388 g/mol. The summed E-state index contributed by atoms with van der Waals surface area (Å²) in [4.78, 5) is 11.7. The molecule has 0 aliphatic heterocycles. The summed E-state index contributed by atoms with van der Waals surface area (Å²) < 4.78 is 24.7. The van der Waals surface area contributed by atoms with Gasteiger partial charge in [-0.1, -0.05) is 0 Å². The molecule has 0 spiro atoms. The van der Waals surface area contributed by atoms with Gasteiger partial charge in [0, 0.05) is 36.6 Å². The first kappa shape index (κ1) is 15.9. The van der Waals surface area contributed by atoms with Gasteiger partial charge in [0.15, 0.2) is 0 Å². The maximum Gasteiger partial charge on any atom is 0.264 e. The predicted octanol–water partition coefficient (Wildman–Crippen LogP) is 1.01. The molecule has 0 aromatic carbocycles. The molecule has 1 rings (SSSR count). The number of hydrogen-bond donors (Lipinski definition) is 1. The zero-order valence-electron chi connectivity index (χ0n) is 9.82. The minimum Gasteiger partial charge on any atom is -0.314 e. The van der Waals surface area contributed by atoms with E-state index < -0.39 is 9.84 Å². The summed E-state index contributed by atoms with van der Waals surface area (Å²) in [7, 11) is -2.94. The number of sulfone groups is 1. The van der Waals surface area contributed by atoms with Crippen LogP contribution < -0.4 is 10.9 Å². The molecule has 0 saturated heterocycles. The Labute approximate surface area is 123 Å². The lowest BCUT2D eigenvalue weighted by atomic mass is 10.4. The van der Waals surface area contributed by atoms with E-state index in [1.165, 1.54) is 6.26 Å². The van der Waals surface area contributed by atoms with Crippen LogP contribution in [0.3, 0.4) is 0 Å².